The molecule has 0 saturated heterocycles. The van der Waals surface area contributed by atoms with Crippen molar-refractivity contribution >= 4 is 29.4 Å². The molecule has 2 amide bonds. The Labute approximate surface area is 201 Å². The van der Waals surface area contributed by atoms with Crippen molar-refractivity contribution in [2.75, 3.05) is 6.54 Å². The van der Waals surface area contributed by atoms with Crippen LogP contribution < -0.4 is 5.73 Å². The van der Waals surface area contributed by atoms with Gasteiger partial charge in [-0.1, -0.05) is 51.4 Å². The Morgan fingerprint density at radius 3 is 2.48 bits per heavy atom. The molecule has 1 aromatic rings. The number of carbonyl (C=O) groups is 3. The van der Waals surface area contributed by atoms with Crippen LogP contribution in [0, 0.1) is 17.3 Å². The summed E-state index contributed by atoms with van der Waals surface area (Å²) in [5.41, 5.74) is 7.99. The highest BCUT2D eigenvalue weighted by Crippen LogP contribution is 2.50. The summed E-state index contributed by atoms with van der Waals surface area (Å²) in [5.74, 6) is -1.61. The van der Waals surface area contributed by atoms with Crippen LogP contribution >= 0.6 is 11.6 Å². The second-order valence-corrected chi connectivity index (χ2v) is 11.4. The molecule has 7 heteroatoms. The molecule has 0 aromatic heterocycles. The van der Waals surface area contributed by atoms with Gasteiger partial charge < -0.3 is 15.7 Å². The molecule has 0 spiro atoms. The highest BCUT2D eigenvalue weighted by molar-refractivity contribution is 6.31. The molecule has 0 unspecified atom stereocenters. The number of carbonyl (C=O) groups excluding carboxylic acids is 2. The molecule has 1 aliphatic carbocycles. The number of nitrogens with zero attached hydrogens (tertiary/aromatic N) is 1. The molecule has 0 bridgehead atoms. The van der Waals surface area contributed by atoms with Crippen molar-refractivity contribution in [2.24, 2.45) is 23.0 Å². The lowest BCUT2D eigenvalue weighted by molar-refractivity contribution is -0.146. The first-order valence-electron chi connectivity index (χ1n) is 11.6. The van der Waals surface area contributed by atoms with E-state index in [0.717, 1.165) is 29.5 Å². The van der Waals surface area contributed by atoms with Crippen molar-refractivity contribution < 1.29 is 19.5 Å². The average Bonchev–Trinajstić information content (AvgIpc) is 2.65. The molecule has 1 aromatic carbocycles. The highest BCUT2D eigenvalue weighted by atomic mass is 35.5. The molecular weight excluding hydrogens is 440 g/mol. The number of hydrogen-bond acceptors (Lipinski definition) is 3. The van der Waals surface area contributed by atoms with Gasteiger partial charge in [-0.05, 0) is 59.8 Å². The molecule has 1 atom stereocenters. The molecule has 3 rings (SSSR count). The molecule has 1 saturated carbocycles. The Hall–Kier alpha value is -2.34. The fourth-order valence-electron chi connectivity index (χ4n) is 4.81. The van der Waals surface area contributed by atoms with E-state index in [9.17, 15) is 19.5 Å². The average molecular weight is 475 g/mol. The summed E-state index contributed by atoms with van der Waals surface area (Å²) in [7, 11) is 0. The fraction of sp³-hybridized carbons (Fsp3) is 0.577. The minimum Gasteiger partial charge on any atom is -0.481 e. The number of rotatable bonds is 8. The summed E-state index contributed by atoms with van der Waals surface area (Å²) < 4.78 is 0. The van der Waals surface area contributed by atoms with Crippen molar-refractivity contribution in [1.29, 1.82) is 0 Å². The molecule has 1 fully saturated rings. The number of aliphatic carboxylic acids is 1. The Morgan fingerprint density at radius 2 is 1.94 bits per heavy atom. The van der Waals surface area contributed by atoms with Gasteiger partial charge in [-0.2, -0.15) is 0 Å². The van der Waals surface area contributed by atoms with Crippen LogP contribution in [-0.2, 0) is 26.2 Å². The molecule has 180 valence electrons. The predicted molar refractivity (Wildman–Crippen MR) is 129 cm³/mol. The Morgan fingerprint density at radius 1 is 1.27 bits per heavy atom. The zero-order chi connectivity index (χ0) is 24.6. The van der Waals surface area contributed by atoms with Gasteiger partial charge in [0.25, 0.3) is 0 Å². The quantitative estimate of drug-likeness (QED) is 0.571. The van der Waals surface area contributed by atoms with Crippen LogP contribution in [0.25, 0.3) is 0 Å². The highest BCUT2D eigenvalue weighted by Gasteiger charge is 2.47. The predicted octanol–water partition coefficient (Wildman–Crippen LogP) is 4.68. The second kappa shape index (κ2) is 9.49. The van der Waals surface area contributed by atoms with E-state index in [4.69, 9.17) is 17.3 Å². The maximum Gasteiger partial charge on any atom is 0.306 e. The largest absolute Gasteiger partial charge is 0.481 e. The zero-order valence-corrected chi connectivity index (χ0v) is 20.7. The first-order chi connectivity index (χ1) is 15.3. The summed E-state index contributed by atoms with van der Waals surface area (Å²) in [5, 5.41) is 10.1. The Kier molecular flexibility index (Phi) is 7.27. The first kappa shape index (κ1) is 25.3. The minimum absolute atomic E-state index is 0.0691. The zero-order valence-electron chi connectivity index (χ0n) is 20.0. The lowest BCUT2D eigenvalue weighted by Gasteiger charge is -2.46. The first-order valence-corrected chi connectivity index (χ1v) is 12.0. The third-order valence-electron chi connectivity index (χ3n) is 7.12. The molecule has 0 radical (unpaired) electrons. The number of carboxylic acids is 1. The van der Waals surface area contributed by atoms with E-state index < -0.39 is 17.3 Å². The molecule has 33 heavy (non-hydrogen) atoms. The van der Waals surface area contributed by atoms with Crippen LogP contribution in [0.5, 0.6) is 0 Å². The van der Waals surface area contributed by atoms with Gasteiger partial charge in [-0.3, -0.25) is 14.4 Å². The number of halogens is 1. The molecule has 1 aliphatic heterocycles. The van der Waals surface area contributed by atoms with Gasteiger partial charge in [0.1, 0.15) is 0 Å². The number of benzene rings is 1. The second-order valence-electron chi connectivity index (χ2n) is 11.0. The number of hydrogen-bond donors (Lipinski definition) is 2. The minimum atomic E-state index is -0.780. The number of allylic oxidation sites excluding steroid dienone is 1. The summed E-state index contributed by atoms with van der Waals surface area (Å²) in [6.07, 6.45) is 5.15. The van der Waals surface area contributed by atoms with Crippen LogP contribution in [0.2, 0.25) is 5.02 Å². The van der Waals surface area contributed by atoms with E-state index in [-0.39, 0.29) is 42.5 Å². The standard InChI is InChI=1S/C26H35ClN2O4/c1-25(2,3)9-7-16-5-6-19(13-21(16)27)26(4)14-23(31)29(10-8-22(28)30)15-20(26)17-11-18(12-17)24(32)33/h5-6,13,15,17-18H,7-12,14H2,1-4H3,(H2,28,30)(H,32,33)/t17?,18?,26-/m0/s1. The van der Waals surface area contributed by atoms with Crippen LogP contribution in [0.3, 0.4) is 0 Å². The third-order valence-corrected chi connectivity index (χ3v) is 7.47. The lowest BCUT2D eigenvalue weighted by atomic mass is 9.60. The molecule has 3 N–H and O–H groups in total. The van der Waals surface area contributed by atoms with Crippen LogP contribution in [0.1, 0.15) is 70.9 Å². The van der Waals surface area contributed by atoms with Crippen LogP contribution in [-0.4, -0.2) is 34.3 Å². The van der Waals surface area contributed by atoms with Crippen molar-refractivity contribution in [1.82, 2.24) is 4.90 Å². The van der Waals surface area contributed by atoms with Gasteiger partial charge in [0.2, 0.25) is 11.8 Å². The van der Waals surface area contributed by atoms with E-state index in [1.165, 1.54) is 0 Å². The van der Waals surface area contributed by atoms with E-state index in [1.807, 2.05) is 19.2 Å². The smallest absolute Gasteiger partial charge is 0.306 e. The van der Waals surface area contributed by atoms with E-state index in [2.05, 4.69) is 32.9 Å². The number of aryl methyl sites for hydroxylation is 1. The maximum absolute atomic E-state index is 13.0. The summed E-state index contributed by atoms with van der Waals surface area (Å²) in [4.78, 5) is 37.2. The molecule has 1 heterocycles. The Balaban J connectivity index is 1.93. The van der Waals surface area contributed by atoms with Crippen molar-refractivity contribution in [3.8, 4) is 0 Å². The summed E-state index contributed by atoms with van der Waals surface area (Å²) in [6.45, 7) is 8.88. The van der Waals surface area contributed by atoms with Crippen molar-refractivity contribution in [3.63, 3.8) is 0 Å². The summed E-state index contributed by atoms with van der Waals surface area (Å²) in [6, 6.07) is 6.07. The van der Waals surface area contributed by atoms with Crippen molar-refractivity contribution in [2.45, 2.75) is 71.6 Å². The monoisotopic (exact) mass is 474 g/mol. The van der Waals surface area contributed by atoms with Crippen LogP contribution in [0.15, 0.2) is 30.0 Å². The summed E-state index contributed by atoms with van der Waals surface area (Å²) >= 11 is 6.69. The van der Waals surface area contributed by atoms with E-state index >= 15 is 0 Å². The third kappa shape index (κ3) is 5.78. The molecule has 6 nitrogen and oxygen atoms in total. The van der Waals surface area contributed by atoms with E-state index in [1.54, 1.807) is 4.90 Å². The molecule has 2 aliphatic rings. The van der Waals surface area contributed by atoms with Gasteiger partial charge in [0.15, 0.2) is 0 Å². The van der Waals surface area contributed by atoms with Gasteiger partial charge in [-0.25, -0.2) is 0 Å². The van der Waals surface area contributed by atoms with Gasteiger partial charge in [-0.15, -0.1) is 0 Å². The maximum atomic E-state index is 13.0. The van der Waals surface area contributed by atoms with Gasteiger partial charge >= 0.3 is 5.97 Å². The van der Waals surface area contributed by atoms with Crippen molar-refractivity contribution in [3.05, 3.63) is 46.1 Å². The number of primary amides is 1. The normalized spacial score (nSPS) is 25.4. The topological polar surface area (TPSA) is 101 Å². The SMILES string of the molecule is CC(C)(C)CCc1ccc([C@]2(C)CC(=O)N(CCC(N)=O)C=C2C2CC(C(=O)O)C2)cc1Cl. The van der Waals surface area contributed by atoms with E-state index in [0.29, 0.717) is 17.9 Å². The number of amides is 2. The lowest BCUT2D eigenvalue weighted by Crippen LogP contribution is -2.46. The fourth-order valence-corrected chi connectivity index (χ4v) is 5.08. The Bertz CT molecular complexity index is 975. The molecular formula is C26H35ClN2O4. The van der Waals surface area contributed by atoms with Gasteiger partial charge in [0, 0.05) is 36.0 Å². The van der Waals surface area contributed by atoms with Crippen LogP contribution in [0.4, 0.5) is 0 Å². The number of carboxylic acid groups (broad SMARTS) is 1. The van der Waals surface area contributed by atoms with Gasteiger partial charge in [0.05, 0.1) is 5.92 Å². The number of nitrogens with two attached hydrogens (primary N) is 1.